The fourth-order valence-electron chi connectivity index (χ4n) is 3.45. The van der Waals surface area contributed by atoms with Gasteiger partial charge in [0.05, 0.1) is 16.2 Å². The molecule has 7 heteroatoms. The Morgan fingerprint density at radius 2 is 1.88 bits per heavy atom. The molecule has 0 unspecified atom stereocenters. The Balaban J connectivity index is 1.29. The number of piperidine rings is 1. The van der Waals surface area contributed by atoms with E-state index in [4.69, 9.17) is 4.98 Å². The fourth-order valence-corrected chi connectivity index (χ4v) is 4.45. The minimum atomic E-state index is 0.523. The maximum atomic E-state index is 4.88. The van der Waals surface area contributed by atoms with E-state index in [1.165, 1.54) is 5.01 Å². The number of hydrogen-bond donors (Lipinski definition) is 1. The summed E-state index contributed by atoms with van der Waals surface area (Å²) in [4.78, 5) is 23.6. The van der Waals surface area contributed by atoms with Gasteiger partial charge in [0.1, 0.15) is 0 Å². The van der Waals surface area contributed by atoms with Crippen molar-refractivity contribution in [2.24, 2.45) is 0 Å². The van der Waals surface area contributed by atoms with E-state index in [0.29, 0.717) is 5.92 Å². The third-order valence-corrected chi connectivity index (χ3v) is 5.89. The second-order valence-electron chi connectivity index (χ2n) is 6.50. The Bertz CT molecular complexity index is 984. The number of rotatable bonds is 3. The van der Waals surface area contributed by atoms with Gasteiger partial charge in [-0.1, -0.05) is 0 Å². The summed E-state index contributed by atoms with van der Waals surface area (Å²) in [7, 11) is 0. The molecule has 0 saturated carbocycles. The van der Waals surface area contributed by atoms with Crippen LogP contribution in [0.15, 0.2) is 48.2 Å². The molecular formula is C19H18N6S. The zero-order valence-corrected chi connectivity index (χ0v) is 15.0. The van der Waals surface area contributed by atoms with Gasteiger partial charge in [-0.3, -0.25) is 4.98 Å². The van der Waals surface area contributed by atoms with Crippen molar-refractivity contribution in [3.8, 4) is 11.3 Å². The Labute approximate surface area is 155 Å². The molecule has 1 aliphatic heterocycles. The number of fused-ring (bicyclic) bond motifs is 1. The van der Waals surface area contributed by atoms with Gasteiger partial charge < -0.3 is 9.88 Å². The lowest BCUT2D eigenvalue weighted by Crippen LogP contribution is -2.33. The molecule has 0 amide bonds. The van der Waals surface area contributed by atoms with Gasteiger partial charge in [-0.2, -0.15) is 4.98 Å². The van der Waals surface area contributed by atoms with Crippen LogP contribution in [-0.4, -0.2) is 38.0 Å². The summed E-state index contributed by atoms with van der Waals surface area (Å²) in [6.07, 6.45) is 7.59. The summed E-state index contributed by atoms with van der Waals surface area (Å²) < 4.78 is 0. The number of pyridine rings is 2. The van der Waals surface area contributed by atoms with Crippen LogP contribution in [-0.2, 0) is 0 Å². The standard InChI is InChI=1S/C19H18N6S/c1-2-15-17(21-7-1)24-19(23-15)25-10-5-14(6-11-25)18-22-16(12-26-18)13-3-8-20-9-4-13/h1-4,7-9,12,14H,5-6,10-11H2,(H,21,23,24). The zero-order chi connectivity index (χ0) is 17.3. The summed E-state index contributed by atoms with van der Waals surface area (Å²) in [6.45, 7) is 1.96. The van der Waals surface area contributed by atoms with Gasteiger partial charge in [-0.25, -0.2) is 9.97 Å². The molecule has 130 valence electrons. The third-order valence-electron chi connectivity index (χ3n) is 4.89. The van der Waals surface area contributed by atoms with Crippen LogP contribution in [0.1, 0.15) is 23.8 Å². The van der Waals surface area contributed by atoms with Gasteiger partial charge in [-0.05, 0) is 37.1 Å². The van der Waals surface area contributed by atoms with Crippen LogP contribution in [0.2, 0.25) is 0 Å². The molecule has 4 aromatic rings. The molecule has 26 heavy (non-hydrogen) atoms. The highest BCUT2D eigenvalue weighted by atomic mass is 32.1. The lowest BCUT2D eigenvalue weighted by molar-refractivity contribution is 0.499. The Morgan fingerprint density at radius 1 is 1.04 bits per heavy atom. The van der Waals surface area contributed by atoms with Crippen LogP contribution in [0.3, 0.4) is 0 Å². The van der Waals surface area contributed by atoms with Gasteiger partial charge >= 0.3 is 0 Å². The number of anilines is 1. The molecule has 6 nitrogen and oxygen atoms in total. The quantitative estimate of drug-likeness (QED) is 0.599. The Kier molecular flexibility index (Phi) is 3.86. The van der Waals surface area contributed by atoms with Crippen molar-refractivity contribution >= 4 is 28.4 Å². The van der Waals surface area contributed by atoms with E-state index >= 15 is 0 Å². The number of aromatic nitrogens is 5. The van der Waals surface area contributed by atoms with Gasteiger partial charge in [0.25, 0.3) is 0 Å². The van der Waals surface area contributed by atoms with Crippen molar-refractivity contribution in [1.29, 1.82) is 0 Å². The van der Waals surface area contributed by atoms with Crippen molar-refractivity contribution in [3.63, 3.8) is 0 Å². The van der Waals surface area contributed by atoms with Crippen LogP contribution in [0.5, 0.6) is 0 Å². The predicted octanol–water partition coefficient (Wildman–Crippen LogP) is 3.86. The van der Waals surface area contributed by atoms with Crippen molar-refractivity contribution in [2.75, 3.05) is 18.0 Å². The Hall–Kier alpha value is -2.80. The maximum absolute atomic E-state index is 4.88. The minimum Gasteiger partial charge on any atom is -0.342 e. The van der Waals surface area contributed by atoms with E-state index in [2.05, 4.69) is 30.2 Å². The average molecular weight is 362 g/mol. The van der Waals surface area contributed by atoms with Crippen LogP contribution in [0, 0.1) is 0 Å². The minimum absolute atomic E-state index is 0.523. The molecule has 1 N–H and O–H groups in total. The van der Waals surface area contributed by atoms with Crippen LogP contribution < -0.4 is 4.90 Å². The van der Waals surface area contributed by atoms with E-state index in [1.54, 1.807) is 17.5 Å². The van der Waals surface area contributed by atoms with E-state index < -0.39 is 0 Å². The number of hydrogen-bond acceptors (Lipinski definition) is 6. The highest BCUT2D eigenvalue weighted by Gasteiger charge is 2.24. The summed E-state index contributed by atoms with van der Waals surface area (Å²) in [5, 5.41) is 3.39. The highest BCUT2D eigenvalue weighted by Crippen LogP contribution is 2.33. The first-order valence-corrected chi connectivity index (χ1v) is 9.66. The van der Waals surface area contributed by atoms with Crippen molar-refractivity contribution < 1.29 is 0 Å². The second-order valence-corrected chi connectivity index (χ2v) is 7.39. The molecule has 1 saturated heterocycles. The van der Waals surface area contributed by atoms with Gasteiger partial charge in [-0.15, -0.1) is 11.3 Å². The summed E-state index contributed by atoms with van der Waals surface area (Å²) >= 11 is 1.77. The summed E-state index contributed by atoms with van der Waals surface area (Å²) in [5.74, 6) is 1.45. The van der Waals surface area contributed by atoms with Crippen molar-refractivity contribution in [2.45, 2.75) is 18.8 Å². The molecule has 5 heterocycles. The number of thiazole rings is 1. The second kappa shape index (κ2) is 6.49. The first kappa shape index (κ1) is 15.5. The van der Waals surface area contributed by atoms with Crippen molar-refractivity contribution in [1.82, 2.24) is 24.9 Å². The van der Waals surface area contributed by atoms with Crippen LogP contribution >= 0.6 is 11.3 Å². The molecule has 5 rings (SSSR count). The molecule has 1 aliphatic rings. The molecule has 0 aliphatic carbocycles. The Morgan fingerprint density at radius 3 is 2.69 bits per heavy atom. The van der Waals surface area contributed by atoms with E-state index in [0.717, 1.165) is 54.3 Å². The molecular weight excluding hydrogens is 344 g/mol. The lowest BCUT2D eigenvalue weighted by atomic mass is 9.98. The number of nitrogens with one attached hydrogen (secondary N) is 1. The average Bonchev–Trinajstić information content (AvgIpc) is 3.36. The number of aromatic amines is 1. The van der Waals surface area contributed by atoms with Crippen LogP contribution in [0.4, 0.5) is 5.95 Å². The van der Waals surface area contributed by atoms with Crippen LogP contribution in [0.25, 0.3) is 22.4 Å². The molecule has 4 aromatic heterocycles. The van der Waals surface area contributed by atoms with Gasteiger partial charge in [0.15, 0.2) is 5.65 Å². The SMILES string of the molecule is c1cnc2nc(N3CCC(c4nc(-c5ccncc5)cs4)CC3)[nH]c2c1. The zero-order valence-electron chi connectivity index (χ0n) is 14.2. The normalized spacial score (nSPS) is 15.6. The summed E-state index contributed by atoms with van der Waals surface area (Å²) in [6, 6.07) is 7.97. The molecule has 0 spiro atoms. The highest BCUT2D eigenvalue weighted by molar-refractivity contribution is 7.10. The van der Waals surface area contributed by atoms with Crippen molar-refractivity contribution in [3.05, 3.63) is 53.2 Å². The predicted molar refractivity (Wildman–Crippen MR) is 103 cm³/mol. The van der Waals surface area contributed by atoms with E-state index in [-0.39, 0.29) is 0 Å². The molecule has 0 bridgehead atoms. The van der Waals surface area contributed by atoms with E-state index in [9.17, 15) is 0 Å². The lowest BCUT2D eigenvalue weighted by Gasteiger charge is -2.30. The molecule has 0 atom stereocenters. The maximum Gasteiger partial charge on any atom is 0.205 e. The fraction of sp³-hybridized carbons (Fsp3) is 0.263. The first-order valence-electron chi connectivity index (χ1n) is 8.78. The third kappa shape index (κ3) is 2.84. The monoisotopic (exact) mass is 362 g/mol. The number of imidazole rings is 1. The molecule has 0 aromatic carbocycles. The van der Waals surface area contributed by atoms with Gasteiger partial charge in [0, 0.05) is 48.5 Å². The summed E-state index contributed by atoms with van der Waals surface area (Å²) in [5.41, 5.74) is 3.96. The largest absolute Gasteiger partial charge is 0.342 e. The topological polar surface area (TPSA) is 70.6 Å². The molecule has 1 fully saturated rings. The number of nitrogens with zero attached hydrogens (tertiary/aromatic N) is 5. The number of H-pyrrole nitrogens is 1. The van der Waals surface area contributed by atoms with E-state index in [1.807, 2.05) is 36.7 Å². The first-order chi connectivity index (χ1) is 12.9. The molecule has 0 radical (unpaired) electrons. The smallest absolute Gasteiger partial charge is 0.205 e. The van der Waals surface area contributed by atoms with Gasteiger partial charge in [0.2, 0.25) is 5.95 Å².